The molecule has 0 aromatic heterocycles. The Balaban J connectivity index is 0.000000208. The van der Waals surface area contributed by atoms with Crippen molar-refractivity contribution >= 4 is 103 Å². The number of halogens is 4. The fourth-order valence-electron chi connectivity index (χ4n) is 12.4. The Morgan fingerprint density at radius 1 is 0.373 bits per heavy atom. The maximum absolute atomic E-state index is 12.7. The van der Waals surface area contributed by atoms with E-state index in [1.165, 1.54) is 56.6 Å². The van der Waals surface area contributed by atoms with Gasteiger partial charge in [-0.05, 0) is 211 Å². The summed E-state index contributed by atoms with van der Waals surface area (Å²) in [5.41, 5.74) is -1.62. The van der Waals surface area contributed by atoms with Gasteiger partial charge in [0.25, 0.3) is 0 Å². The number of carboxylic acids is 1. The Morgan fingerprint density at radius 2 is 0.636 bits per heavy atom. The highest BCUT2D eigenvalue weighted by molar-refractivity contribution is 9.10. The largest absolute Gasteiger partial charge is 0.534 e. The second kappa shape index (κ2) is 40.2. The van der Waals surface area contributed by atoms with Crippen LogP contribution in [0.5, 0.6) is 17.2 Å². The van der Waals surface area contributed by atoms with Crippen molar-refractivity contribution in [2.75, 3.05) is 153 Å². The Bertz CT molecular complexity index is 4510. The minimum Gasteiger partial charge on any atom is -0.507 e. The summed E-state index contributed by atoms with van der Waals surface area (Å²) in [6, 6.07) is 24.5. The van der Waals surface area contributed by atoms with Gasteiger partial charge in [-0.25, -0.2) is 43.2 Å². The quantitative estimate of drug-likeness (QED) is 0.0426. The van der Waals surface area contributed by atoms with Crippen molar-refractivity contribution in [3.05, 3.63) is 134 Å². The van der Waals surface area contributed by atoms with Crippen LogP contribution in [-0.2, 0) is 48.0 Å². The Hall–Kier alpha value is -10.7. The van der Waals surface area contributed by atoms with Gasteiger partial charge in [0.15, 0.2) is 5.75 Å². The average Bonchev–Trinajstić information content (AvgIpc) is 1.47. The molecule has 648 valence electrons. The molecule has 0 radical (unpaired) electrons. The van der Waals surface area contributed by atoms with Gasteiger partial charge in [-0.2, -0.15) is 21.6 Å². The summed E-state index contributed by atoms with van der Waals surface area (Å²) in [6.07, 6.45) is 3.05. The number of aromatic hydroxyl groups is 2. The first-order chi connectivity index (χ1) is 55.0. The summed E-state index contributed by atoms with van der Waals surface area (Å²) in [6.45, 7) is 30.8. The Labute approximate surface area is 694 Å². The second-order valence-corrected chi connectivity index (χ2v) is 34.7. The highest BCUT2D eigenvalue weighted by Gasteiger charge is 2.49. The molecule has 6 fully saturated rings. The van der Waals surface area contributed by atoms with Crippen molar-refractivity contribution in [3.8, 4) is 17.2 Å². The average molecular weight is 1740 g/mol. The van der Waals surface area contributed by atoms with Gasteiger partial charge in [-0.3, -0.25) is 0 Å². The molecule has 0 spiro atoms. The molecule has 4 heterocycles. The second-order valence-electron chi connectivity index (χ2n) is 32.2. The predicted octanol–water partition coefficient (Wildman–Crippen LogP) is 13.7. The van der Waals surface area contributed by atoms with Crippen molar-refractivity contribution < 1.29 is 122 Å². The van der Waals surface area contributed by atoms with Crippen LogP contribution in [0.2, 0.25) is 0 Å². The minimum absolute atomic E-state index is 0.0868. The number of ether oxygens (including phenoxy) is 8. The predicted molar refractivity (Wildman–Crippen MR) is 435 cm³/mol. The van der Waals surface area contributed by atoms with E-state index in [9.17, 15) is 80.1 Å². The fraction of sp³-hybridized carbons (Fsp3) is 0.524. The number of benzene rings is 5. The van der Waals surface area contributed by atoms with Gasteiger partial charge in [0.1, 0.15) is 50.6 Å². The molecule has 4 saturated heterocycles. The maximum atomic E-state index is 12.7. The van der Waals surface area contributed by atoms with Crippen LogP contribution in [0.1, 0.15) is 184 Å². The lowest BCUT2D eigenvalue weighted by atomic mass is 10.0. The summed E-state index contributed by atoms with van der Waals surface area (Å²) >= 11 is 3.16. The molecule has 0 unspecified atom stereocenters. The van der Waals surface area contributed by atoms with Crippen LogP contribution >= 0.6 is 15.9 Å². The highest BCUT2D eigenvalue weighted by atomic mass is 79.9. The molecule has 3 N–H and O–H groups in total. The molecule has 4 aliphatic heterocycles. The standard InChI is InChI=1S/C20H28N2O4.C19H26N2O4.C18H23F3N2O7S.C17H24N2O5.C8H7BrO3/c1-20(2,3)26-19(24)22-11-9-21(10-12-22)15-7-8-16(18(23)25-4)17(13-15)14-5-6-14;1-19(2,3)25-18(24)21-10-8-20(9-11-21)14-6-7-15(17(22)23)16(12-14)13-4-5-13;1-17(2,3)29-16(25)23-9-7-22(8-10-23)12-5-6-13(15(24)28-4)14(11-12)30-31(26,27)18(19,20)21;1-17(2,3)24-16(22)19-9-7-18(8-10-19)12-5-6-13(14(20)11-12)15(21)23-4;1-12-8(11)6-3-2-5(9)4-7(6)10/h7-8,13-14H,5-6,9-12H2,1-4H3;6-7,12-13H,4-5,8-11H2,1-3H3,(H,22,23);5-6,11H,7-10H2,1-4H3;5-6,11,20H,7-10H2,1-4H3;2-4,10H,1H3. The van der Waals surface area contributed by atoms with E-state index in [0.717, 1.165) is 99.3 Å². The third kappa shape index (κ3) is 28.0. The van der Waals surface area contributed by atoms with Crippen molar-refractivity contribution in [2.45, 2.75) is 149 Å². The van der Waals surface area contributed by atoms with E-state index >= 15 is 0 Å². The van der Waals surface area contributed by atoms with Crippen molar-refractivity contribution in [2.24, 2.45) is 0 Å². The van der Waals surface area contributed by atoms with Crippen molar-refractivity contribution in [3.63, 3.8) is 0 Å². The summed E-state index contributed by atoms with van der Waals surface area (Å²) in [5, 5.41) is 28.6. The zero-order chi connectivity index (χ0) is 87.7. The van der Waals surface area contributed by atoms with E-state index in [0.29, 0.717) is 98.6 Å². The van der Waals surface area contributed by atoms with E-state index in [-0.39, 0.29) is 60.0 Å². The monoisotopic (exact) mass is 1740 g/mol. The van der Waals surface area contributed by atoms with Crippen LogP contribution in [0, 0.1) is 0 Å². The lowest BCUT2D eigenvalue weighted by Gasteiger charge is -2.37. The summed E-state index contributed by atoms with van der Waals surface area (Å²) in [7, 11) is -1.04. The number of phenols is 2. The fourth-order valence-corrected chi connectivity index (χ4v) is 13.2. The SMILES string of the molecule is CC(C)(C)OC(=O)N1CCN(c2ccc(C(=O)O)c(C3CC3)c2)CC1.COC(=O)c1ccc(Br)cc1O.COC(=O)c1ccc(N2CCN(C(=O)OC(C)(C)C)CC2)cc1C1CC1.COC(=O)c1ccc(N2CCN(C(=O)OC(C)(C)C)CC2)cc1O.COC(=O)c1ccc(N2CCN(C(=O)OC(C)(C)C)CC2)cc1OS(=O)(=O)C(F)(F)F. The number of rotatable bonds is 13. The van der Waals surface area contributed by atoms with Crippen LogP contribution in [0.4, 0.5) is 55.1 Å². The number of amides is 4. The number of hydrogen-bond acceptors (Lipinski definition) is 26. The molecule has 0 bridgehead atoms. The molecule has 4 amide bonds. The molecule has 0 atom stereocenters. The third-order valence-electron chi connectivity index (χ3n) is 18.5. The van der Waals surface area contributed by atoms with E-state index in [1.54, 1.807) is 58.6 Å². The van der Waals surface area contributed by atoms with E-state index in [2.05, 4.69) is 50.2 Å². The van der Waals surface area contributed by atoms with Gasteiger partial charge in [0, 0.05) is 144 Å². The third-order valence-corrected chi connectivity index (χ3v) is 20.0. The molecule has 2 saturated carbocycles. The van der Waals surface area contributed by atoms with Crippen molar-refractivity contribution in [1.82, 2.24) is 19.6 Å². The van der Waals surface area contributed by atoms with Gasteiger partial charge in [0.2, 0.25) is 0 Å². The smallest absolute Gasteiger partial charge is 0.507 e. The minimum atomic E-state index is -6.00. The van der Waals surface area contributed by atoms with E-state index in [1.807, 2.05) is 91.5 Å². The first-order valence-electron chi connectivity index (χ1n) is 38.3. The zero-order valence-corrected chi connectivity index (χ0v) is 71.9. The van der Waals surface area contributed by atoms with Crippen LogP contribution < -0.4 is 23.8 Å². The number of hydrogen-bond donors (Lipinski definition) is 3. The highest BCUT2D eigenvalue weighted by Crippen LogP contribution is 2.45. The number of nitrogens with zero attached hydrogens (tertiary/aromatic N) is 8. The summed E-state index contributed by atoms with van der Waals surface area (Å²) < 4.78 is 106. The van der Waals surface area contributed by atoms with Gasteiger partial charge in [0.05, 0.1) is 39.6 Å². The molecule has 118 heavy (non-hydrogen) atoms. The summed E-state index contributed by atoms with van der Waals surface area (Å²) in [5.74, 6) is -3.47. The number of piperazine rings is 4. The number of phenolic OH excluding ortho intramolecular Hbond substituents is 2. The molecule has 5 aromatic carbocycles. The lowest BCUT2D eigenvalue weighted by molar-refractivity contribution is -0.0501. The molecular weight excluding hydrogens is 1630 g/mol. The number of methoxy groups -OCH3 is 4. The van der Waals surface area contributed by atoms with Crippen LogP contribution in [0.25, 0.3) is 0 Å². The summed E-state index contributed by atoms with van der Waals surface area (Å²) in [4.78, 5) is 121. The number of anilines is 4. The first kappa shape index (κ1) is 94.5. The number of esters is 4. The van der Waals surface area contributed by atoms with E-state index < -0.39 is 79.3 Å². The number of carboxylic acid groups (broad SMARTS) is 1. The number of aromatic carboxylic acids is 1. The normalized spacial score (nSPS) is 15.9. The zero-order valence-electron chi connectivity index (χ0n) is 69.5. The number of carbonyl (C=O) groups excluding carboxylic acids is 8. The maximum Gasteiger partial charge on any atom is 0.534 e. The molecular formula is C82H108BrF3N8O23S. The lowest BCUT2D eigenvalue weighted by Crippen LogP contribution is -2.50. The number of carbonyl (C=O) groups is 9. The van der Waals surface area contributed by atoms with Gasteiger partial charge in [-0.15, -0.1) is 0 Å². The van der Waals surface area contributed by atoms with Gasteiger partial charge in [-0.1, -0.05) is 15.9 Å². The molecule has 36 heteroatoms. The molecule has 31 nitrogen and oxygen atoms in total. The molecule has 6 aliphatic rings. The topological polar surface area (TPSA) is 357 Å². The van der Waals surface area contributed by atoms with E-state index in [4.69, 9.17) is 23.7 Å². The molecule has 5 aromatic rings. The van der Waals surface area contributed by atoms with Gasteiger partial charge >= 0.3 is 69.8 Å². The molecule has 2 aliphatic carbocycles. The van der Waals surface area contributed by atoms with Crippen LogP contribution in [0.15, 0.2) is 95.5 Å². The van der Waals surface area contributed by atoms with Crippen molar-refractivity contribution in [1.29, 1.82) is 0 Å². The Kier molecular flexibility index (Phi) is 32.2. The molecule has 11 rings (SSSR count). The Morgan fingerprint density at radius 3 is 0.924 bits per heavy atom. The van der Waals surface area contributed by atoms with Crippen LogP contribution in [0.3, 0.4) is 0 Å². The first-order valence-corrected chi connectivity index (χ1v) is 40.5. The van der Waals surface area contributed by atoms with Crippen LogP contribution in [-0.4, -0.2) is 259 Å². The van der Waals surface area contributed by atoms with Gasteiger partial charge < -0.3 is 96.6 Å². The number of alkyl halides is 3.